The van der Waals surface area contributed by atoms with Gasteiger partial charge in [0.2, 0.25) is 5.88 Å². The summed E-state index contributed by atoms with van der Waals surface area (Å²) in [6.07, 6.45) is 1.46. The second-order valence-electron chi connectivity index (χ2n) is 7.79. The molecule has 0 atom stereocenters. The maximum atomic E-state index is 11.4. The minimum atomic E-state index is -1.12. The van der Waals surface area contributed by atoms with E-state index in [1.54, 1.807) is 18.2 Å². The first-order valence-corrected chi connectivity index (χ1v) is 11.3. The minimum Gasteiger partial charge on any atom is -0.478 e. The minimum absolute atomic E-state index is 0.0167. The summed E-state index contributed by atoms with van der Waals surface area (Å²) in [4.78, 5) is 15.8. The van der Waals surface area contributed by atoms with Crippen molar-refractivity contribution < 1.29 is 18.7 Å². The summed E-state index contributed by atoms with van der Waals surface area (Å²) in [5.74, 6) is 0.437. The van der Waals surface area contributed by atoms with Gasteiger partial charge < -0.3 is 13.9 Å². The molecule has 0 unspecified atom stereocenters. The second kappa shape index (κ2) is 9.79. The molecule has 36 heavy (non-hydrogen) atoms. The van der Waals surface area contributed by atoms with Gasteiger partial charge in [-0.15, -0.1) is 0 Å². The molecule has 6 nitrogen and oxygen atoms in total. The highest BCUT2D eigenvalue weighted by Crippen LogP contribution is 2.42. The van der Waals surface area contributed by atoms with Gasteiger partial charge in [-0.2, -0.15) is 5.26 Å². The Kier molecular flexibility index (Phi) is 6.23. The lowest BCUT2D eigenvalue weighted by Gasteiger charge is -2.03. The highest BCUT2D eigenvalue weighted by Gasteiger charge is 2.22. The fourth-order valence-corrected chi connectivity index (χ4v) is 4.03. The molecule has 0 amide bonds. The van der Waals surface area contributed by atoms with Crippen LogP contribution in [0.5, 0.6) is 0 Å². The Morgan fingerprint density at radius 1 is 0.889 bits per heavy atom. The molecular weight excluding hydrogens is 476 g/mol. The molecule has 0 spiro atoms. The number of carbonyl (C=O) groups is 1. The molecule has 174 valence electrons. The molecule has 0 aliphatic carbocycles. The van der Waals surface area contributed by atoms with Gasteiger partial charge in [0.1, 0.15) is 28.9 Å². The lowest BCUT2D eigenvalue weighted by Crippen LogP contribution is -1.97. The summed E-state index contributed by atoms with van der Waals surface area (Å²) in [6, 6.07) is 29.3. The van der Waals surface area contributed by atoms with E-state index in [0.717, 1.165) is 11.1 Å². The number of benzene rings is 3. The number of hydrogen-bond acceptors (Lipinski definition) is 5. The summed E-state index contributed by atoms with van der Waals surface area (Å²) in [5.41, 5.74) is 3.19. The van der Waals surface area contributed by atoms with Crippen molar-refractivity contribution in [1.82, 2.24) is 0 Å². The summed E-state index contributed by atoms with van der Waals surface area (Å²) < 4.78 is 11.9. The van der Waals surface area contributed by atoms with Gasteiger partial charge in [0.25, 0.3) is 0 Å². The highest BCUT2D eigenvalue weighted by molar-refractivity contribution is 6.33. The van der Waals surface area contributed by atoms with Gasteiger partial charge in [0, 0.05) is 16.7 Å². The number of furan rings is 2. The summed E-state index contributed by atoms with van der Waals surface area (Å²) in [5, 5.41) is 19.5. The van der Waals surface area contributed by atoms with Crippen LogP contribution < -0.4 is 0 Å². The summed E-state index contributed by atoms with van der Waals surface area (Å²) >= 11 is 5.96. The Bertz CT molecular complexity index is 1630. The van der Waals surface area contributed by atoms with Crippen LogP contribution in [-0.2, 0) is 0 Å². The Morgan fingerprint density at radius 2 is 1.58 bits per heavy atom. The average Bonchev–Trinajstić information content (AvgIpc) is 3.53. The molecule has 0 bridgehead atoms. The van der Waals surface area contributed by atoms with Gasteiger partial charge in [0.05, 0.1) is 16.8 Å². The summed E-state index contributed by atoms with van der Waals surface area (Å²) in [7, 11) is 0. The quantitative estimate of drug-likeness (QED) is 0.243. The van der Waals surface area contributed by atoms with Crippen molar-refractivity contribution in [3.05, 3.63) is 113 Å². The van der Waals surface area contributed by atoms with E-state index in [0.29, 0.717) is 34.0 Å². The van der Waals surface area contributed by atoms with E-state index in [4.69, 9.17) is 20.4 Å². The van der Waals surface area contributed by atoms with E-state index >= 15 is 0 Å². The summed E-state index contributed by atoms with van der Waals surface area (Å²) in [6.45, 7) is 0. The van der Waals surface area contributed by atoms with Crippen molar-refractivity contribution in [2.45, 2.75) is 0 Å². The smallest absolute Gasteiger partial charge is 0.337 e. The van der Waals surface area contributed by atoms with Crippen LogP contribution >= 0.6 is 11.6 Å². The Morgan fingerprint density at radius 3 is 2.25 bits per heavy atom. The number of aliphatic imine (C=N–C) groups is 1. The van der Waals surface area contributed by atoms with Crippen LogP contribution in [0.1, 0.15) is 21.7 Å². The molecule has 7 heteroatoms. The molecule has 0 radical (unpaired) electrons. The van der Waals surface area contributed by atoms with Crippen molar-refractivity contribution in [2.75, 3.05) is 0 Å². The zero-order valence-electron chi connectivity index (χ0n) is 18.7. The average molecular weight is 493 g/mol. The number of carboxylic acid groups (broad SMARTS) is 1. The number of halogens is 1. The third-order valence-electron chi connectivity index (χ3n) is 5.52. The molecule has 0 fully saturated rings. The van der Waals surface area contributed by atoms with E-state index in [1.807, 2.05) is 60.7 Å². The second-order valence-corrected chi connectivity index (χ2v) is 8.20. The molecule has 2 heterocycles. The molecule has 0 aliphatic heterocycles. The molecule has 0 aliphatic rings. The van der Waals surface area contributed by atoms with Crippen LogP contribution in [0.15, 0.2) is 105 Å². The number of rotatable bonds is 6. The Balaban J connectivity index is 1.53. The van der Waals surface area contributed by atoms with Gasteiger partial charge >= 0.3 is 5.97 Å². The number of nitrogens with zero attached hydrogens (tertiary/aromatic N) is 2. The number of aromatic carboxylic acids is 1. The molecule has 0 saturated carbocycles. The lowest BCUT2D eigenvalue weighted by atomic mass is 9.98. The van der Waals surface area contributed by atoms with Gasteiger partial charge in [0.15, 0.2) is 0 Å². The normalized spacial score (nSPS) is 11.0. The van der Waals surface area contributed by atoms with E-state index < -0.39 is 5.97 Å². The highest BCUT2D eigenvalue weighted by atomic mass is 35.5. The third-order valence-corrected chi connectivity index (χ3v) is 5.85. The largest absolute Gasteiger partial charge is 0.478 e. The third kappa shape index (κ3) is 4.43. The number of hydrogen-bond donors (Lipinski definition) is 1. The van der Waals surface area contributed by atoms with Gasteiger partial charge in [-0.3, -0.25) is 0 Å². The topological polar surface area (TPSA) is 99.7 Å². The van der Waals surface area contributed by atoms with Gasteiger partial charge in [-0.25, -0.2) is 9.79 Å². The maximum Gasteiger partial charge on any atom is 0.337 e. The fraction of sp³-hybridized carbons (Fsp3) is 0. The van der Waals surface area contributed by atoms with Crippen LogP contribution in [0.25, 0.3) is 33.8 Å². The van der Waals surface area contributed by atoms with Crippen LogP contribution in [0.3, 0.4) is 0 Å². The van der Waals surface area contributed by atoms with E-state index in [2.05, 4.69) is 11.1 Å². The molecule has 5 rings (SSSR count). The van der Waals surface area contributed by atoms with Crippen LogP contribution in [0.2, 0.25) is 5.02 Å². The predicted molar refractivity (Wildman–Crippen MR) is 138 cm³/mol. The molecule has 1 N–H and O–H groups in total. The van der Waals surface area contributed by atoms with E-state index in [-0.39, 0.29) is 16.5 Å². The van der Waals surface area contributed by atoms with E-state index in [1.165, 1.54) is 18.3 Å². The Hall–Kier alpha value is -4.86. The molecular formula is C29H17ClN2O4. The van der Waals surface area contributed by atoms with Crippen molar-refractivity contribution in [3.63, 3.8) is 0 Å². The maximum absolute atomic E-state index is 11.4. The standard InChI is InChI=1S/C29H17ClN2O4/c30-24-13-11-20(15-22(24)29(33)34)25-14-12-21(35-25)17-32-28-23(16-31)26(18-7-3-1-4-8-18)27(36-28)19-9-5-2-6-10-19/h1-15,17H,(H,33,34). The van der Waals surface area contributed by atoms with Crippen molar-refractivity contribution in [1.29, 1.82) is 5.26 Å². The zero-order valence-corrected chi connectivity index (χ0v) is 19.4. The van der Waals surface area contributed by atoms with E-state index in [9.17, 15) is 15.2 Å². The zero-order chi connectivity index (χ0) is 25.1. The Labute approximate surface area is 211 Å². The molecule has 3 aromatic carbocycles. The monoisotopic (exact) mass is 492 g/mol. The molecule has 2 aromatic heterocycles. The lowest BCUT2D eigenvalue weighted by molar-refractivity contribution is 0.0697. The number of nitriles is 1. The van der Waals surface area contributed by atoms with Crippen LogP contribution in [0, 0.1) is 11.3 Å². The SMILES string of the molecule is N#Cc1c(N=Cc2ccc(-c3ccc(Cl)c(C(=O)O)c3)o2)oc(-c2ccccc2)c1-c1ccccc1. The van der Waals surface area contributed by atoms with Gasteiger partial charge in [-0.1, -0.05) is 72.3 Å². The first-order chi connectivity index (χ1) is 17.5. The first kappa shape index (κ1) is 22.9. The van der Waals surface area contributed by atoms with Crippen molar-refractivity contribution in [3.8, 4) is 39.8 Å². The van der Waals surface area contributed by atoms with Crippen LogP contribution in [0.4, 0.5) is 5.88 Å². The first-order valence-electron chi connectivity index (χ1n) is 10.9. The molecule has 0 saturated heterocycles. The fourth-order valence-electron chi connectivity index (χ4n) is 3.83. The van der Waals surface area contributed by atoms with Crippen molar-refractivity contribution in [2.24, 2.45) is 4.99 Å². The molecule has 5 aromatic rings. The van der Waals surface area contributed by atoms with Crippen LogP contribution in [-0.4, -0.2) is 17.3 Å². The number of carboxylic acids is 1. The van der Waals surface area contributed by atoms with Gasteiger partial charge in [-0.05, 0) is 35.9 Å². The van der Waals surface area contributed by atoms with Crippen molar-refractivity contribution >= 4 is 29.7 Å². The predicted octanol–water partition coefficient (Wildman–Crippen LogP) is 7.85.